The number of rotatable bonds is 5. The van der Waals surface area contributed by atoms with Gasteiger partial charge >= 0.3 is 0 Å². The van der Waals surface area contributed by atoms with E-state index in [9.17, 15) is 5.26 Å². The van der Waals surface area contributed by atoms with Crippen molar-refractivity contribution in [1.82, 2.24) is 9.97 Å². The predicted molar refractivity (Wildman–Crippen MR) is 168 cm³/mol. The monoisotopic (exact) mass is 543 g/mol. The molecular formula is C38H29N3O. The van der Waals surface area contributed by atoms with Crippen LogP contribution < -0.4 is 4.74 Å². The van der Waals surface area contributed by atoms with Crippen LogP contribution in [0.5, 0.6) is 11.5 Å². The molecule has 0 spiro atoms. The summed E-state index contributed by atoms with van der Waals surface area (Å²) in [6.45, 7) is 4.41. The number of fused-ring (bicyclic) bond motifs is 3. The van der Waals surface area contributed by atoms with Crippen LogP contribution in [0.3, 0.4) is 0 Å². The van der Waals surface area contributed by atoms with Gasteiger partial charge in [-0.3, -0.25) is 0 Å². The van der Waals surface area contributed by atoms with Crippen molar-refractivity contribution in [2.45, 2.75) is 32.1 Å². The summed E-state index contributed by atoms with van der Waals surface area (Å²) in [6.07, 6.45) is 1.75. The zero-order valence-corrected chi connectivity index (χ0v) is 23.6. The minimum Gasteiger partial charge on any atom is -0.457 e. The van der Waals surface area contributed by atoms with Crippen molar-refractivity contribution in [3.05, 3.63) is 132 Å². The van der Waals surface area contributed by atoms with Gasteiger partial charge in [-0.05, 0) is 72.1 Å². The molecule has 0 fully saturated rings. The smallest absolute Gasteiger partial charge is 0.160 e. The molecular weight excluding hydrogens is 514 g/mol. The molecule has 0 amide bonds. The first-order valence-corrected chi connectivity index (χ1v) is 14.4. The number of nitriles is 1. The van der Waals surface area contributed by atoms with Crippen LogP contribution in [0.4, 0.5) is 0 Å². The molecule has 4 heteroatoms. The van der Waals surface area contributed by atoms with E-state index in [0.717, 1.165) is 63.5 Å². The van der Waals surface area contributed by atoms with Gasteiger partial charge in [-0.1, -0.05) is 80.6 Å². The van der Waals surface area contributed by atoms with Gasteiger partial charge in [0.2, 0.25) is 0 Å². The maximum Gasteiger partial charge on any atom is 0.160 e. The lowest BCUT2D eigenvalue weighted by Gasteiger charge is -2.39. The standard InChI is InChI=1S/C38H29N3O/c1-3-38(4-2)31-20-25(24-39)14-18-35(31)42-36-19-17-30(22-32(36)38)37-40-33(27-11-6-5-7-12-27)23-34(41-37)29-16-15-26-10-8-9-13-28(26)21-29/h5-23H,3-4H2,1-2H3. The molecule has 0 atom stereocenters. The fraction of sp³-hybridized carbons (Fsp3) is 0.132. The molecule has 1 aliphatic heterocycles. The fourth-order valence-corrected chi connectivity index (χ4v) is 6.30. The molecule has 1 aromatic heterocycles. The van der Waals surface area contributed by atoms with Gasteiger partial charge in [-0.2, -0.15) is 5.26 Å². The van der Waals surface area contributed by atoms with Gasteiger partial charge in [0.25, 0.3) is 0 Å². The lowest BCUT2D eigenvalue weighted by atomic mass is 9.68. The van der Waals surface area contributed by atoms with Gasteiger partial charge in [0.1, 0.15) is 11.5 Å². The molecule has 7 rings (SSSR count). The van der Waals surface area contributed by atoms with Crippen molar-refractivity contribution in [3.63, 3.8) is 0 Å². The van der Waals surface area contributed by atoms with Crippen LogP contribution in [0.25, 0.3) is 44.7 Å². The average Bonchev–Trinajstić information content (AvgIpc) is 3.06. The molecule has 0 aliphatic carbocycles. The maximum atomic E-state index is 9.63. The van der Waals surface area contributed by atoms with Gasteiger partial charge < -0.3 is 4.74 Å². The van der Waals surface area contributed by atoms with Crippen LogP contribution in [0.1, 0.15) is 43.4 Å². The molecule has 4 nitrogen and oxygen atoms in total. The van der Waals surface area contributed by atoms with E-state index in [1.807, 2.05) is 42.5 Å². The number of aromatic nitrogens is 2. The molecule has 202 valence electrons. The van der Waals surface area contributed by atoms with Gasteiger partial charge in [0.05, 0.1) is 23.0 Å². The van der Waals surface area contributed by atoms with Crippen LogP contribution in [0.2, 0.25) is 0 Å². The van der Waals surface area contributed by atoms with E-state index in [4.69, 9.17) is 14.7 Å². The van der Waals surface area contributed by atoms with Crippen molar-refractivity contribution in [2.24, 2.45) is 0 Å². The molecule has 0 N–H and O–H groups in total. The number of benzene rings is 5. The normalized spacial score (nSPS) is 13.1. The summed E-state index contributed by atoms with van der Waals surface area (Å²) in [6, 6.07) is 41.5. The van der Waals surface area contributed by atoms with Crippen LogP contribution in [-0.4, -0.2) is 9.97 Å². The van der Waals surface area contributed by atoms with Crippen LogP contribution in [-0.2, 0) is 5.41 Å². The molecule has 0 radical (unpaired) electrons. The van der Waals surface area contributed by atoms with Crippen LogP contribution >= 0.6 is 0 Å². The van der Waals surface area contributed by atoms with E-state index in [2.05, 4.69) is 92.7 Å². The third-order valence-electron chi connectivity index (χ3n) is 8.65. The summed E-state index contributed by atoms with van der Waals surface area (Å²) in [7, 11) is 0. The zero-order valence-electron chi connectivity index (χ0n) is 23.6. The molecule has 0 unspecified atom stereocenters. The highest BCUT2D eigenvalue weighted by Crippen LogP contribution is 2.52. The average molecular weight is 544 g/mol. The number of hydrogen-bond donors (Lipinski definition) is 0. The Hall–Kier alpha value is -5.27. The Labute approximate surface area is 245 Å². The Kier molecular flexibility index (Phi) is 6.29. The number of ether oxygens (including phenoxy) is 1. The molecule has 2 heterocycles. The van der Waals surface area contributed by atoms with Gasteiger partial charge in [-0.25, -0.2) is 9.97 Å². The Bertz CT molecular complexity index is 2000. The quantitative estimate of drug-likeness (QED) is 0.217. The first-order chi connectivity index (χ1) is 20.6. The van der Waals surface area contributed by atoms with E-state index in [0.29, 0.717) is 11.4 Å². The van der Waals surface area contributed by atoms with Crippen LogP contribution in [0, 0.1) is 11.3 Å². The van der Waals surface area contributed by atoms with Gasteiger partial charge in [0.15, 0.2) is 5.82 Å². The molecule has 0 bridgehead atoms. The van der Waals surface area contributed by atoms with Gasteiger partial charge in [-0.15, -0.1) is 0 Å². The Balaban J connectivity index is 1.42. The lowest BCUT2D eigenvalue weighted by molar-refractivity contribution is 0.375. The maximum absolute atomic E-state index is 9.63. The summed E-state index contributed by atoms with van der Waals surface area (Å²) >= 11 is 0. The fourth-order valence-electron chi connectivity index (χ4n) is 6.30. The molecule has 5 aromatic carbocycles. The molecule has 1 aliphatic rings. The van der Waals surface area contributed by atoms with E-state index in [1.165, 1.54) is 10.8 Å². The minimum absolute atomic E-state index is 0.288. The van der Waals surface area contributed by atoms with E-state index in [-0.39, 0.29) is 5.41 Å². The van der Waals surface area contributed by atoms with Crippen LogP contribution in [0.15, 0.2) is 115 Å². The minimum atomic E-state index is -0.288. The van der Waals surface area contributed by atoms with E-state index in [1.54, 1.807) is 0 Å². The number of nitrogens with zero attached hydrogens (tertiary/aromatic N) is 3. The summed E-state index contributed by atoms with van der Waals surface area (Å²) in [5.41, 5.74) is 7.29. The van der Waals surface area contributed by atoms with Crippen molar-refractivity contribution in [3.8, 4) is 51.5 Å². The van der Waals surface area contributed by atoms with Crippen molar-refractivity contribution in [2.75, 3.05) is 0 Å². The van der Waals surface area contributed by atoms with Crippen molar-refractivity contribution >= 4 is 10.8 Å². The topological polar surface area (TPSA) is 58.8 Å². The highest BCUT2D eigenvalue weighted by Gasteiger charge is 2.40. The van der Waals surface area contributed by atoms with Crippen molar-refractivity contribution in [1.29, 1.82) is 5.26 Å². The Morgan fingerprint density at radius 2 is 1.26 bits per heavy atom. The number of hydrogen-bond acceptors (Lipinski definition) is 4. The largest absolute Gasteiger partial charge is 0.457 e. The Morgan fingerprint density at radius 3 is 2.00 bits per heavy atom. The molecule has 6 aromatic rings. The predicted octanol–water partition coefficient (Wildman–Crippen LogP) is 9.71. The Morgan fingerprint density at radius 1 is 0.619 bits per heavy atom. The second-order valence-electron chi connectivity index (χ2n) is 10.8. The highest BCUT2D eigenvalue weighted by molar-refractivity contribution is 5.87. The molecule has 0 saturated carbocycles. The van der Waals surface area contributed by atoms with E-state index >= 15 is 0 Å². The second kappa shape index (κ2) is 10.3. The first-order valence-electron chi connectivity index (χ1n) is 14.4. The van der Waals surface area contributed by atoms with Gasteiger partial charge in [0, 0.05) is 33.2 Å². The molecule has 0 saturated heterocycles. The summed E-state index contributed by atoms with van der Waals surface area (Å²) in [5.74, 6) is 2.33. The SMILES string of the molecule is CCC1(CC)c2cc(C#N)ccc2Oc2ccc(-c3nc(-c4ccccc4)cc(-c4ccc5ccccc5c4)n3)cc21. The zero-order chi connectivity index (χ0) is 28.7. The summed E-state index contributed by atoms with van der Waals surface area (Å²) in [4.78, 5) is 10.2. The third-order valence-corrected chi connectivity index (χ3v) is 8.65. The molecule has 42 heavy (non-hydrogen) atoms. The lowest BCUT2D eigenvalue weighted by Crippen LogP contribution is -2.30. The van der Waals surface area contributed by atoms with Crippen molar-refractivity contribution < 1.29 is 4.74 Å². The highest BCUT2D eigenvalue weighted by atomic mass is 16.5. The summed E-state index contributed by atoms with van der Waals surface area (Å²) < 4.78 is 6.40. The summed E-state index contributed by atoms with van der Waals surface area (Å²) in [5, 5.41) is 12.0. The second-order valence-corrected chi connectivity index (χ2v) is 10.8. The first kappa shape index (κ1) is 25.7. The third kappa shape index (κ3) is 4.22. The van der Waals surface area contributed by atoms with E-state index < -0.39 is 0 Å².